The molecule has 1 amide bonds. The molecule has 2 N–H and O–H groups in total. The molecule has 1 aromatic heterocycles. The third-order valence-electron chi connectivity index (χ3n) is 3.33. The van der Waals surface area contributed by atoms with Crippen molar-refractivity contribution in [2.45, 2.75) is 45.3 Å². The highest BCUT2D eigenvalue weighted by Gasteiger charge is 2.26. The van der Waals surface area contributed by atoms with Crippen LogP contribution in [0.25, 0.3) is 0 Å². The number of ether oxygens (including phenoxy) is 1. The molecule has 0 unspecified atom stereocenters. The first-order valence-corrected chi connectivity index (χ1v) is 7.49. The summed E-state index contributed by atoms with van der Waals surface area (Å²) in [7, 11) is 0. The molecule has 0 spiro atoms. The third-order valence-corrected chi connectivity index (χ3v) is 4.13. The first kappa shape index (κ1) is 14.9. The summed E-state index contributed by atoms with van der Waals surface area (Å²) in [4.78, 5) is 26.0. The van der Waals surface area contributed by atoms with Crippen molar-refractivity contribution in [1.29, 1.82) is 0 Å². The fraction of sp³-hybridized carbons (Fsp3) is 0.615. The number of carboxylic acid groups (broad SMARTS) is 1. The van der Waals surface area contributed by atoms with Gasteiger partial charge in [0.25, 0.3) is 0 Å². The lowest BCUT2D eigenvalue weighted by Gasteiger charge is -2.25. The van der Waals surface area contributed by atoms with E-state index < -0.39 is 5.97 Å². The van der Waals surface area contributed by atoms with Crippen LogP contribution in [0.2, 0.25) is 0 Å². The highest BCUT2D eigenvalue weighted by molar-refractivity contribution is 7.13. The van der Waals surface area contributed by atoms with Gasteiger partial charge in [0.15, 0.2) is 5.13 Å². The van der Waals surface area contributed by atoms with Crippen LogP contribution in [0.4, 0.5) is 5.13 Å². The topological polar surface area (TPSA) is 88.5 Å². The summed E-state index contributed by atoms with van der Waals surface area (Å²) >= 11 is 1.37. The van der Waals surface area contributed by atoms with Crippen LogP contribution in [0.5, 0.6) is 0 Å². The molecule has 7 heteroatoms. The van der Waals surface area contributed by atoms with E-state index in [1.165, 1.54) is 18.3 Å². The van der Waals surface area contributed by atoms with Crippen LogP contribution in [-0.4, -0.2) is 28.1 Å². The molecular weight excluding hydrogens is 280 g/mol. The number of anilines is 1. The van der Waals surface area contributed by atoms with Crippen molar-refractivity contribution < 1.29 is 19.4 Å². The van der Waals surface area contributed by atoms with Gasteiger partial charge in [-0.2, -0.15) is 0 Å². The van der Waals surface area contributed by atoms with E-state index in [9.17, 15) is 9.59 Å². The van der Waals surface area contributed by atoms with Gasteiger partial charge in [-0.05, 0) is 25.7 Å². The van der Waals surface area contributed by atoms with Crippen molar-refractivity contribution in [3.63, 3.8) is 0 Å². The van der Waals surface area contributed by atoms with Gasteiger partial charge in [-0.3, -0.25) is 9.59 Å². The Bertz CT molecular complexity index is 480. The summed E-state index contributed by atoms with van der Waals surface area (Å²) in [5, 5.41) is 14.0. The highest BCUT2D eigenvalue weighted by atomic mass is 32.1. The van der Waals surface area contributed by atoms with E-state index in [2.05, 4.69) is 10.3 Å². The number of amides is 1. The maximum Gasteiger partial charge on any atom is 0.306 e. The van der Waals surface area contributed by atoms with Crippen molar-refractivity contribution >= 4 is 28.3 Å². The average Bonchev–Trinajstić information content (AvgIpc) is 2.83. The Hall–Kier alpha value is -1.47. The Morgan fingerprint density at radius 1 is 1.45 bits per heavy atom. The molecule has 6 nitrogen and oxygen atoms in total. The summed E-state index contributed by atoms with van der Waals surface area (Å²) in [6.45, 7) is 1.84. The SMILES string of the molecule is CC(=O)Nc1nc(COC2CCC(C(=O)O)CC2)cs1. The largest absolute Gasteiger partial charge is 0.481 e. The monoisotopic (exact) mass is 298 g/mol. The van der Waals surface area contributed by atoms with Gasteiger partial charge in [0, 0.05) is 12.3 Å². The Morgan fingerprint density at radius 3 is 2.75 bits per heavy atom. The predicted octanol–water partition coefficient (Wildman–Crippen LogP) is 2.26. The van der Waals surface area contributed by atoms with Gasteiger partial charge < -0.3 is 15.2 Å². The lowest BCUT2D eigenvalue weighted by molar-refractivity contribution is -0.143. The molecule has 1 aromatic rings. The summed E-state index contributed by atoms with van der Waals surface area (Å²) < 4.78 is 5.75. The van der Waals surface area contributed by atoms with E-state index in [1.807, 2.05) is 5.38 Å². The smallest absolute Gasteiger partial charge is 0.306 e. The van der Waals surface area contributed by atoms with E-state index in [-0.39, 0.29) is 17.9 Å². The summed E-state index contributed by atoms with van der Waals surface area (Å²) in [5.41, 5.74) is 0.791. The van der Waals surface area contributed by atoms with Gasteiger partial charge in [0.1, 0.15) is 0 Å². The van der Waals surface area contributed by atoms with Gasteiger partial charge in [0.2, 0.25) is 5.91 Å². The van der Waals surface area contributed by atoms with Crippen molar-refractivity contribution in [1.82, 2.24) is 4.98 Å². The number of rotatable bonds is 5. The second kappa shape index (κ2) is 6.81. The Morgan fingerprint density at radius 2 is 2.15 bits per heavy atom. The minimum atomic E-state index is -0.706. The molecule has 1 fully saturated rings. The van der Waals surface area contributed by atoms with Crippen LogP contribution in [0.15, 0.2) is 5.38 Å². The zero-order valence-corrected chi connectivity index (χ0v) is 12.1. The second-order valence-corrected chi connectivity index (χ2v) is 5.81. The maximum atomic E-state index is 10.9. The lowest BCUT2D eigenvalue weighted by atomic mass is 9.87. The van der Waals surface area contributed by atoms with E-state index in [4.69, 9.17) is 9.84 Å². The number of aromatic nitrogens is 1. The predicted molar refractivity (Wildman–Crippen MR) is 74.6 cm³/mol. The number of hydrogen-bond donors (Lipinski definition) is 2. The molecule has 1 heterocycles. The van der Waals surface area contributed by atoms with Crippen LogP contribution in [0.1, 0.15) is 38.3 Å². The van der Waals surface area contributed by atoms with Crippen molar-refractivity contribution in [3.8, 4) is 0 Å². The first-order chi connectivity index (χ1) is 9.54. The van der Waals surface area contributed by atoms with Crippen LogP contribution in [0, 0.1) is 5.92 Å². The number of carboxylic acids is 1. The third kappa shape index (κ3) is 4.28. The standard InChI is InChI=1S/C13H18N2O4S/c1-8(16)14-13-15-10(7-20-13)6-19-11-4-2-9(3-5-11)12(17)18/h7,9,11H,2-6H2,1H3,(H,17,18)(H,14,15,16). The van der Waals surface area contributed by atoms with Gasteiger partial charge in [0.05, 0.1) is 24.3 Å². The van der Waals surface area contributed by atoms with Crippen LogP contribution in [0.3, 0.4) is 0 Å². The highest BCUT2D eigenvalue weighted by Crippen LogP contribution is 2.27. The quantitative estimate of drug-likeness (QED) is 0.870. The fourth-order valence-corrected chi connectivity index (χ4v) is 3.00. The molecular formula is C13H18N2O4S. The molecule has 0 aromatic carbocycles. The molecule has 1 aliphatic rings. The minimum absolute atomic E-state index is 0.108. The molecule has 0 radical (unpaired) electrons. The Kier molecular flexibility index (Phi) is 5.08. The zero-order chi connectivity index (χ0) is 14.5. The maximum absolute atomic E-state index is 10.9. The zero-order valence-electron chi connectivity index (χ0n) is 11.3. The number of carbonyl (C=O) groups excluding carboxylic acids is 1. The number of nitrogens with zero attached hydrogens (tertiary/aromatic N) is 1. The van der Waals surface area contributed by atoms with Crippen LogP contribution in [-0.2, 0) is 20.9 Å². The number of thiazole rings is 1. The minimum Gasteiger partial charge on any atom is -0.481 e. The van der Waals surface area contributed by atoms with Crippen molar-refractivity contribution in [3.05, 3.63) is 11.1 Å². The van der Waals surface area contributed by atoms with E-state index in [0.717, 1.165) is 18.5 Å². The Balaban J connectivity index is 1.74. The normalized spacial score (nSPS) is 22.4. The van der Waals surface area contributed by atoms with Gasteiger partial charge in [-0.25, -0.2) is 4.98 Å². The van der Waals surface area contributed by atoms with Gasteiger partial charge in [-0.1, -0.05) is 0 Å². The van der Waals surface area contributed by atoms with Gasteiger partial charge >= 0.3 is 5.97 Å². The second-order valence-electron chi connectivity index (χ2n) is 4.95. The molecule has 110 valence electrons. The number of hydrogen-bond acceptors (Lipinski definition) is 5. The summed E-state index contributed by atoms with van der Waals surface area (Å²) in [5.74, 6) is -1.07. The van der Waals surface area contributed by atoms with Crippen molar-refractivity contribution in [2.75, 3.05) is 5.32 Å². The Labute approximate surface area is 121 Å². The molecule has 0 saturated heterocycles. The molecule has 0 bridgehead atoms. The summed E-state index contributed by atoms with van der Waals surface area (Å²) in [6.07, 6.45) is 3.01. The number of aliphatic carboxylic acids is 1. The lowest BCUT2D eigenvalue weighted by Crippen LogP contribution is -2.25. The van der Waals surface area contributed by atoms with Gasteiger partial charge in [-0.15, -0.1) is 11.3 Å². The fourth-order valence-electron chi connectivity index (χ4n) is 2.26. The number of nitrogens with one attached hydrogen (secondary N) is 1. The molecule has 1 saturated carbocycles. The van der Waals surface area contributed by atoms with E-state index in [1.54, 1.807) is 0 Å². The van der Waals surface area contributed by atoms with Crippen molar-refractivity contribution in [2.24, 2.45) is 5.92 Å². The molecule has 1 aliphatic carbocycles. The summed E-state index contributed by atoms with van der Waals surface area (Å²) in [6, 6.07) is 0. The molecule has 0 atom stereocenters. The molecule has 20 heavy (non-hydrogen) atoms. The first-order valence-electron chi connectivity index (χ1n) is 6.61. The van der Waals surface area contributed by atoms with Crippen LogP contribution >= 0.6 is 11.3 Å². The molecule has 2 rings (SSSR count). The number of carbonyl (C=O) groups is 2. The van der Waals surface area contributed by atoms with E-state index in [0.29, 0.717) is 24.6 Å². The van der Waals surface area contributed by atoms with E-state index >= 15 is 0 Å². The average molecular weight is 298 g/mol. The van der Waals surface area contributed by atoms with Crippen LogP contribution < -0.4 is 5.32 Å². The molecule has 0 aliphatic heterocycles.